The van der Waals surface area contributed by atoms with E-state index in [0.29, 0.717) is 5.02 Å². The highest BCUT2D eigenvalue weighted by Gasteiger charge is 2.15. The summed E-state index contributed by atoms with van der Waals surface area (Å²) in [5, 5.41) is 17.6. The number of halogens is 1. The predicted octanol–water partition coefficient (Wildman–Crippen LogP) is 3.97. The number of aromatic hydroxyl groups is 1. The second-order valence-corrected chi connectivity index (χ2v) is 6.79. The number of amides is 1. The molecule has 0 aliphatic heterocycles. The molecule has 5 nitrogen and oxygen atoms in total. The molecule has 1 amide bonds. The number of carbonyl (C=O) groups is 1. The smallest absolute Gasteiger partial charge is 0.226 e. The molecule has 2 aromatic carbocycles. The first-order chi connectivity index (χ1) is 12.4. The summed E-state index contributed by atoms with van der Waals surface area (Å²) >= 11 is 6.11. The monoisotopic (exact) mass is 369 g/mol. The zero-order chi connectivity index (χ0) is 18.7. The van der Waals surface area contributed by atoms with Gasteiger partial charge in [0.25, 0.3) is 0 Å². The van der Waals surface area contributed by atoms with Gasteiger partial charge >= 0.3 is 0 Å². The highest BCUT2D eigenvalue weighted by Crippen LogP contribution is 2.25. The van der Waals surface area contributed by atoms with Gasteiger partial charge in [-0.15, -0.1) is 0 Å². The summed E-state index contributed by atoms with van der Waals surface area (Å²) in [4.78, 5) is 12.3. The van der Waals surface area contributed by atoms with Crippen molar-refractivity contribution in [1.29, 1.82) is 0 Å². The Morgan fingerprint density at radius 2 is 1.92 bits per heavy atom. The topological polar surface area (TPSA) is 67.2 Å². The Morgan fingerprint density at radius 1 is 1.19 bits per heavy atom. The van der Waals surface area contributed by atoms with Crippen molar-refractivity contribution in [2.75, 3.05) is 0 Å². The summed E-state index contributed by atoms with van der Waals surface area (Å²) in [6, 6.07) is 16.1. The SMILES string of the molecule is CC(C)NC(=O)Cc1cc(-c2ccc(O)cc2)nn1-c1cccc(Cl)c1. The standard InChI is InChI=1S/C20H20ClN3O2/c1-13(2)22-20(26)12-17-11-19(14-6-8-18(25)9-7-14)23-24(17)16-5-3-4-15(21)10-16/h3-11,13,25H,12H2,1-2H3,(H,22,26). The van der Waals surface area contributed by atoms with Gasteiger partial charge in [-0.3, -0.25) is 4.79 Å². The fourth-order valence-electron chi connectivity index (χ4n) is 2.69. The largest absolute Gasteiger partial charge is 0.508 e. The van der Waals surface area contributed by atoms with E-state index in [2.05, 4.69) is 10.4 Å². The van der Waals surface area contributed by atoms with E-state index in [4.69, 9.17) is 11.6 Å². The number of hydrogen-bond donors (Lipinski definition) is 2. The number of phenols is 1. The third-order valence-corrected chi connectivity index (χ3v) is 4.03. The van der Waals surface area contributed by atoms with E-state index in [1.54, 1.807) is 41.1 Å². The number of phenolic OH excluding ortho intramolecular Hbond substituents is 1. The average molecular weight is 370 g/mol. The molecule has 0 unspecified atom stereocenters. The average Bonchev–Trinajstić information content (AvgIpc) is 2.98. The molecule has 3 rings (SSSR count). The van der Waals surface area contributed by atoms with Gasteiger partial charge in [-0.25, -0.2) is 4.68 Å². The van der Waals surface area contributed by atoms with Crippen LogP contribution in [0.3, 0.4) is 0 Å². The number of hydrogen-bond acceptors (Lipinski definition) is 3. The Balaban J connectivity index is 2.02. The molecule has 0 aliphatic rings. The molecule has 134 valence electrons. The van der Waals surface area contributed by atoms with E-state index in [1.165, 1.54) is 0 Å². The number of benzene rings is 2. The van der Waals surface area contributed by atoms with Crippen LogP contribution in [0.25, 0.3) is 16.9 Å². The fraction of sp³-hybridized carbons (Fsp3) is 0.200. The van der Waals surface area contributed by atoms with E-state index < -0.39 is 0 Å². The molecule has 0 bridgehead atoms. The van der Waals surface area contributed by atoms with Crippen LogP contribution in [0, 0.1) is 0 Å². The summed E-state index contributed by atoms with van der Waals surface area (Å²) in [6.07, 6.45) is 0.204. The lowest BCUT2D eigenvalue weighted by atomic mass is 10.1. The molecule has 0 atom stereocenters. The number of aromatic nitrogens is 2. The maximum absolute atomic E-state index is 12.3. The minimum absolute atomic E-state index is 0.0690. The van der Waals surface area contributed by atoms with Crippen LogP contribution in [0.2, 0.25) is 5.02 Å². The van der Waals surface area contributed by atoms with Crippen molar-refractivity contribution in [2.24, 2.45) is 0 Å². The van der Waals surface area contributed by atoms with Crippen molar-refractivity contribution in [2.45, 2.75) is 26.3 Å². The fourth-order valence-corrected chi connectivity index (χ4v) is 2.87. The van der Waals surface area contributed by atoms with Gasteiger partial charge in [0.2, 0.25) is 5.91 Å². The van der Waals surface area contributed by atoms with E-state index >= 15 is 0 Å². The number of rotatable bonds is 5. The summed E-state index contributed by atoms with van der Waals surface area (Å²) in [6.45, 7) is 3.85. The van der Waals surface area contributed by atoms with Gasteiger partial charge in [0.1, 0.15) is 5.75 Å². The van der Waals surface area contributed by atoms with Gasteiger partial charge < -0.3 is 10.4 Å². The summed E-state index contributed by atoms with van der Waals surface area (Å²) in [5.74, 6) is 0.125. The molecule has 0 fully saturated rings. The molecule has 0 aliphatic carbocycles. The van der Waals surface area contributed by atoms with Crippen LogP contribution in [0.4, 0.5) is 0 Å². The maximum atomic E-state index is 12.3. The Hall–Kier alpha value is -2.79. The van der Waals surface area contributed by atoms with Gasteiger partial charge in [0.05, 0.1) is 23.5 Å². The van der Waals surface area contributed by atoms with Gasteiger partial charge in [-0.2, -0.15) is 5.10 Å². The molecule has 6 heteroatoms. The highest BCUT2D eigenvalue weighted by atomic mass is 35.5. The Kier molecular flexibility index (Phi) is 5.28. The molecular weight excluding hydrogens is 350 g/mol. The van der Waals surface area contributed by atoms with Crippen LogP contribution in [-0.2, 0) is 11.2 Å². The Bertz CT molecular complexity index is 917. The summed E-state index contributed by atoms with van der Waals surface area (Å²) in [5.41, 5.74) is 3.12. The molecule has 0 saturated carbocycles. The lowest BCUT2D eigenvalue weighted by molar-refractivity contribution is -0.121. The Labute approximate surface area is 157 Å². The van der Waals surface area contributed by atoms with Gasteiger partial charge in [0, 0.05) is 16.6 Å². The van der Waals surface area contributed by atoms with Crippen LogP contribution in [-0.4, -0.2) is 26.8 Å². The summed E-state index contributed by atoms with van der Waals surface area (Å²) < 4.78 is 1.73. The van der Waals surface area contributed by atoms with Gasteiger partial charge in [-0.05, 0) is 62.4 Å². The second-order valence-electron chi connectivity index (χ2n) is 6.36. The molecule has 0 spiro atoms. The van der Waals surface area contributed by atoms with Crippen LogP contribution in [0.1, 0.15) is 19.5 Å². The number of carbonyl (C=O) groups excluding carboxylic acids is 1. The van der Waals surface area contributed by atoms with Crippen LogP contribution in [0.15, 0.2) is 54.6 Å². The van der Waals surface area contributed by atoms with Crippen molar-refractivity contribution in [3.63, 3.8) is 0 Å². The van der Waals surface area contributed by atoms with E-state index in [1.807, 2.05) is 32.0 Å². The molecule has 2 N–H and O–H groups in total. The van der Waals surface area contributed by atoms with Crippen molar-refractivity contribution < 1.29 is 9.90 Å². The molecule has 3 aromatic rings. The van der Waals surface area contributed by atoms with Gasteiger partial charge in [-0.1, -0.05) is 17.7 Å². The van der Waals surface area contributed by atoms with Crippen LogP contribution < -0.4 is 5.32 Å². The molecule has 0 saturated heterocycles. The van der Waals surface area contributed by atoms with E-state index in [9.17, 15) is 9.90 Å². The normalized spacial score (nSPS) is 10.9. The van der Waals surface area contributed by atoms with E-state index in [-0.39, 0.29) is 24.1 Å². The maximum Gasteiger partial charge on any atom is 0.226 e. The first kappa shape index (κ1) is 18.0. The molecule has 1 heterocycles. The molecule has 0 radical (unpaired) electrons. The molecule has 26 heavy (non-hydrogen) atoms. The lowest BCUT2D eigenvalue weighted by Crippen LogP contribution is -2.31. The lowest BCUT2D eigenvalue weighted by Gasteiger charge is -2.10. The number of nitrogens with one attached hydrogen (secondary N) is 1. The predicted molar refractivity (Wildman–Crippen MR) is 103 cm³/mol. The minimum atomic E-state index is -0.0690. The van der Waals surface area contributed by atoms with Crippen molar-refractivity contribution in [3.05, 3.63) is 65.3 Å². The number of nitrogens with zero attached hydrogens (tertiary/aromatic N) is 2. The van der Waals surface area contributed by atoms with Crippen molar-refractivity contribution >= 4 is 17.5 Å². The van der Waals surface area contributed by atoms with Crippen molar-refractivity contribution in [3.8, 4) is 22.7 Å². The van der Waals surface area contributed by atoms with Gasteiger partial charge in [0.15, 0.2) is 0 Å². The zero-order valence-electron chi connectivity index (χ0n) is 14.6. The first-order valence-electron chi connectivity index (χ1n) is 8.36. The first-order valence-corrected chi connectivity index (χ1v) is 8.74. The van der Waals surface area contributed by atoms with E-state index in [0.717, 1.165) is 22.6 Å². The molecule has 1 aromatic heterocycles. The Morgan fingerprint density at radius 3 is 2.58 bits per heavy atom. The van der Waals surface area contributed by atoms with Crippen molar-refractivity contribution in [1.82, 2.24) is 15.1 Å². The minimum Gasteiger partial charge on any atom is -0.508 e. The van der Waals surface area contributed by atoms with Crippen LogP contribution >= 0.6 is 11.6 Å². The highest BCUT2D eigenvalue weighted by molar-refractivity contribution is 6.30. The van der Waals surface area contributed by atoms with Crippen LogP contribution in [0.5, 0.6) is 5.75 Å². The summed E-state index contributed by atoms with van der Waals surface area (Å²) in [7, 11) is 0. The second kappa shape index (κ2) is 7.62. The third-order valence-electron chi connectivity index (χ3n) is 3.79. The zero-order valence-corrected chi connectivity index (χ0v) is 15.4. The molecular formula is C20H20ClN3O2. The third kappa shape index (κ3) is 4.24. The quantitative estimate of drug-likeness (QED) is 0.715.